The highest BCUT2D eigenvalue weighted by atomic mass is 16.5. The highest BCUT2D eigenvalue weighted by Crippen LogP contribution is 1.83. The third-order valence-electron chi connectivity index (χ3n) is 1.24. The van der Waals surface area contributed by atoms with Crippen LogP contribution in [0.1, 0.15) is 6.92 Å². The molecule has 3 N–H and O–H groups in total. The maximum Gasteiger partial charge on any atom is 0.289 e. The molecule has 0 aliphatic rings. The molecule has 0 aromatic heterocycles. The number of likely N-dealkylation sites (N-methyl/N-ethyl adjacent to an activating group) is 1. The number of amides is 1. The number of rotatable bonds is 5. The molecule has 0 aliphatic carbocycles. The van der Waals surface area contributed by atoms with Crippen LogP contribution >= 0.6 is 0 Å². The molecular formula is C7H14N2O3. The highest BCUT2D eigenvalue weighted by Gasteiger charge is 2.20. The summed E-state index contributed by atoms with van der Waals surface area (Å²) < 4.78 is 4.63. The number of hydrogen-bond donors (Lipinski definition) is 2. The van der Waals surface area contributed by atoms with E-state index in [1.165, 1.54) is 7.11 Å². The maximum atomic E-state index is 11.0. The van der Waals surface area contributed by atoms with Crippen molar-refractivity contribution in [2.45, 2.75) is 13.0 Å². The van der Waals surface area contributed by atoms with Gasteiger partial charge in [0.05, 0.1) is 12.6 Å². The van der Waals surface area contributed by atoms with Gasteiger partial charge in [-0.25, -0.2) is 0 Å². The van der Waals surface area contributed by atoms with Crippen LogP contribution in [0.25, 0.3) is 0 Å². The third kappa shape index (κ3) is 3.45. The van der Waals surface area contributed by atoms with Crippen LogP contribution in [0.3, 0.4) is 0 Å². The number of hydrogen-bond acceptors (Lipinski definition) is 4. The second kappa shape index (κ2) is 5.68. The fraction of sp³-hybridized carbons (Fsp3) is 0.714. The molecule has 0 aromatic rings. The lowest BCUT2D eigenvalue weighted by Crippen LogP contribution is -2.44. The lowest BCUT2D eigenvalue weighted by Gasteiger charge is -2.07. The number of nitrogens with one attached hydrogen (secondary N) is 1. The number of nitrogens with two attached hydrogens (primary N) is 1. The Labute approximate surface area is 71.3 Å². The van der Waals surface area contributed by atoms with E-state index in [0.29, 0.717) is 6.54 Å². The molecule has 0 saturated carbocycles. The van der Waals surface area contributed by atoms with E-state index >= 15 is 0 Å². The Hall–Kier alpha value is -0.940. The van der Waals surface area contributed by atoms with Crippen molar-refractivity contribution in [3.05, 3.63) is 0 Å². The number of Topliss-reactive ketones (excluding diaryl/α,β-unsaturated/α-hetero) is 1. The van der Waals surface area contributed by atoms with Crippen molar-refractivity contribution in [1.82, 2.24) is 5.32 Å². The molecule has 0 aliphatic heterocycles. The predicted octanol–water partition coefficient (Wildman–Crippen LogP) is -1.33. The van der Waals surface area contributed by atoms with E-state index in [-0.39, 0.29) is 6.61 Å². The van der Waals surface area contributed by atoms with Crippen molar-refractivity contribution in [2.24, 2.45) is 5.73 Å². The van der Waals surface area contributed by atoms with Crippen LogP contribution in [-0.4, -0.2) is 38.0 Å². The van der Waals surface area contributed by atoms with Crippen LogP contribution in [0.2, 0.25) is 0 Å². The van der Waals surface area contributed by atoms with E-state index in [1.807, 2.05) is 0 Å². The molecule has 70 valence electrons. The predicted molar refractivity (Wildman–Crippen MR) is 43.5 cm³/mol. The number of carbonyl (C=O) groups is 2. The largest absolute Gasteiger partial charge is 0.383 e. The van der Waals surface area contributed by atoms with Crippen LogP contribution in [0, 0.1) is 0 Å². The Morgan fingerprint density at radius 3 is 2.58 bits per heavy atom. The van der Waals surface area contributed by atoms with E-state index in [1.54, 1.807) is 6.92 Å². The summed E-state index contributed by atoms with van der Waals surface area (Å²) in [5.74, 6) is -1.29. The minimum absolute atomic E-state index is 0.0654. The van der Waals surface area contributed by atoms with Crippen molar-refractivity contribution >= 4 is 11.7 Å². The van der Waals surface area contributed by atoms with Gasteiger partial charge in [0, 0.05) is 13.7 Å². The molecule has 0 fully saturated rings. The number of ketones is 1. The fourth-order valence-electron chi connectivity index (χ4n) is 0.671. The summed E-state index contributed by atoms with van der Waals surface area (Å²) in [6.07, 6.45) is 0. The first-order valence-electron chi connectivity index (χ1n) is 3.70. The second-order valence-corrected chi connectivity index (χ2v) is 2.29. The van der Waals surface area contributed by atoms with Crippen LogP contribution in [0.4, 0.5) is 0 Å². The summed E-state index contributed by atoms with van der Waals surface area (Å²) in [5, 5.41) is 2.36. The average Bonchev–Trinajstić information content (AvgIpc) is 2.04. The monoisotopic (exact) mass is 174 g/mol. The van der Waals surface area contributed by atoms with Gasteiger partial charge in [-0.1, -0.05) is 0 Å². The maximum absolute atomic E-state index is 11.0. The van der Waals surface area contributed by atoms with Gasteiger partial charge in [-0.15, -0.1) is 0 Å². The van der Waals surface area contributed by atoms with Gasteiger partial charge in [-0.3, -0.25) is 9.59 Å². The van der Waals surface area contributed by atoms with Gasteiger partial charge in [-0.05, 0) is 6.92 Å². The van der Waals surface area contributed by atoms with Crippen molar-refractivity contribution in [3.8, 4) is 0 Å². The van der Waals surface area contributed by atoms with Crippen LogP contribution in [0.15, 0.2) is 0 Å². The van der Waals surface area contributed by atoms with Gasteiger partial charge in [0.2, 0.25) is 5.78 Å². The molecule has 5 nitrogen and oxygen atoms in total. The Bertz CT molecular complexity index is 170. The normalized spacial score (nSPS) is 12.2. The molecular weight excluding hydrogens is 160 g/mol. The summed E-state index contributed by atoms with van der Waals surface area (Å²) in [6, 6.07) is -0.860. The Morgan fingerprint density at radius 2 is 2.17 bits per heavy atom. The lowest BCUT2D eigenvalue weighted by atomic mass is 10.2. The Balaban J connectivity index is 3.91. The van der Waals surface area contributed by atoms with E-state index in [9.17, 15) is 9.59 Å². The number of methoxy groups -OCH3 is 1. The van der Waals surface area contributed by atoms with Gasteiger partial charge < -0.3 is 15.8 Å². The van der Waals surface area contributed by atoms with Crippen molar-refractivity contribution < 1.29 is 14.3 Å². The smallest absolute Gasteiger partial charge is 0.289 e. The van der Waals surface area contributed by atoms with Crippen molar-refractivity contribution in [1.29, 1.82) is 0 Å². The molecule has 0 rings (SSSR count). The SMILES string of the molecule is CCNC(=O)C(=O)C(N)COC. The standard InChI is InChI=1S/C7H14N2O3/c1-3-9-7(11)6(10)5(8)4-12-2/h5H,3-4,8H2,1-2H3,(H,9,11). The summed E-state index contributed by atoms with van der Waals surface area (Å²) >= 11 is 0. The van der Waals surface area contributed by atoms with Crippen molar-refractivity contribution in [3.63, 3.8) is 0 Å². The van der Waals surface area contributed by atoms with E-state index in [0.717, 1.165) is 0 Å². The van der Waals surface area contributed by atoms with Gasteiger partial charge in [0.25, 0.3) is 5.91 Å². The number of ether oxygens (including phenoxy) is 1. The minimum atomic E-state index is -0.860. The first kappa shape index (κ1) is 11.1. The van der Waals surface area contributed by atoms with Crippen LogP contribution in [-0.2, 0) is 14.3 Å². The van der Waals surface area contributed by atoms with Gasteiger partial charge in [0.15, 0.2) is 0 Å². The quantitative estimate of drug-likeness (QED) is 0.506. The molecule has 12 heavy (non-hydrogen) atoms. The molecule has 1 amide bonds. The Kier molecular flexibility index (Phi) is 5.23. The highest BCUT2D eigenvalue weighted by molar-refractivity contribution is 6.38. The van der Waals surface area contributed by atoms with Crippen LogP contribution < -0.4 is 11.1 Å². The van der Waals surface area contributed by atoms with E-state index in [4.69, 9.17) is 5.73 Å². The summed E-state index contributed by atoms with van der Waals surface area (Å²) in [6.45, 7) is 2.22. The zero-order valence-electron chi connectivity index (χ0n) is 7.29. The zero-order valence-corrected chi connectivity index (χ0v) is 7.29. The molecule has 0 spiro atoms. The first-order chi connectivity index (χ1) is 5.63. The molecule has 0 saturated heterocycles. The van der Waals surface area contributed by atoms with E-state index < -0.39 is 17.7 Å². The molecule has 0 radical (unpaired) electrons. The third-order valence-corrected chi connectivity index (χ3v) is 1.24. The molecule has 1 atom stereocenters. The van der Waals surface area contributed by atoms with Crippen molar-refractivity contribution in [2.75, 3.05) is 20.3 Å². The summed E-state index contributed by atoms with van der Waals surface area (Å²) in [4.78, 5) is 21.9. The van der Waals surface area contributed by atoms with Gasteiger partial charge in [0.1, 0.15) is 0 Å². The molecule has 1 unspecified atom stereocenters. The second-order valence-electron chi connectivity index (χ2n) is 2.29. The van der Waals surface area contributed by atoms with E-state index in [2.05, 4.69) is 10.1 Å². The van der Waals surface area contributed by atoms with Crippen LogP contribution in [0.5, 0.6) is 0 Å². The molecule has 0 aromatic carbocycles. The fourth-order valence-corrected chi connectivity index (χ4v) is 0.671. The minimum Gasteiger partial charge on any atom is -0.383 e. The molecule has 0 heterocycles. The lowest BCUT2D eigenvalue weighted by molar-refractivity contribution is -0.139. The van der Waals surface area contributed by atoms with Gasteiger partial charge in [-0.2, -0.15) is 0 Å². The average molecular weight is 174 g/mol. The summed E-state index contributed by atoms with van der Waals surface area (Å²) in [5.41, 5.74) is 5.32. The zero-order chi connectivity index (χ0) is 9.56. The molecule has 0 bridgehead atoms. The number of carbonyl (C=O) groups excluding carboxylic acids is 2. The Morgan fingerprint density at radius 1 is 1.58 bits per heavy atom. The first-order valence-corrected chi connectivity index (χ1v) is 3.70. The van der Waals surface area contributed by atoms with Gasteiger partial charge >= 0.3 is 0 Å². The molecule has 5 heteroatoms. The summed E-state index contributed by atoms with van der Waals surface area (Å²) in [7, 11) is 1.42. The topological polar surface area (TPSA) is 81.4 Å².